The summed E-state index contributed by atoms with van der Waals surface area (Å²) in [7, 11) is -4.00. The lowest BCUT2D eigenvalue weighted by Gasteiger charge is -2.14. The number of nitrogens with one attached hydrogen (secondary N) is 2. The minimum atomic E-state index is -4.00. The van der Waals surface area contributed by atoms with E-state index in [9.17, 15) is 13.2 Å². The third-order valence-corrected chi connectivity index (χ3v) is 6.96. The number of aryl methyl sites for hydroxylation is 4. The number of benzene rings is 3. The molecule has 0 spiro atoms. The van der Waals surface area contributed by atoms with Gasteiger partial charge >= 0.3 is 0 Å². The van der Waals surface area contributed by atoms with E-state index < -0.39 is 15.9 Å². The maximum absolute atomic E-state index is 13.0. The van der Waals surface area contributed by atoms with Crippen LogP contribution in [-0.4, -0.2) is 27.5 Å². The van der Waals surface area contributed by atoms with Crippen LogP contribution >= 0.6 is 11.6 Å². The molecular weight excluding hydrogens is 460 g/mol. The fraction of sp³-hybridized carbons (Fsp3) is 0.240. The summed E-state index contributed by atoms with van der Waals surface area (Å²) in [6.45, 7) is 8.16. The Kier molecular flexibility index (Phi) is 7.66. The molecule has 174 valence electrons. The van der Waals surface area contributed by atoms with Crippen LogP contribution in [0.2, 0.25) is 5.02 Å². The smallest absolute Gasteiger partial charge is 0.263 e. The summed E-state index contributed by atoms with van der Waals surface area (Å²) in [6, 6.07) is 15.6. The molecule has 2 N–H and O–H groups in total. The van der Waals surface area contributed by atoms with Crippen molar-refractivity contribution in [3.05, 3.63) is 87.4 Å². The number of amides is 1. The Hall–Kier alpha value is -3.03. The predicted octanol–water partition coefficient (Wildman–Crippen LogP) is 5.18. The van der Waals surface area contributed by atoms with Gasteiger partial charge in [-0.1, -0.05) is 35.9 Å². The van der Waals surface area contributed by atoms with Crippen molar-refractivity contribution in [2.24, 2.45) is 0 Å². The highest BCUT2D eigenvalue weighted by atomic mass is 35.5. The van der Waals surface area contributed by atoms with Crippen LogP contribution in [0.1, 0.15) is 32.6 Å². The van der Waals surface area contributed by atoms with Crippen molar-refractivity contribution in [2.45, 2.75) is 32.6 Å². The molecule has 0 saturated heterocycles. The summed E-state index contributed by atoms with van der Waals surface area (Å²) >= 11 is 6.17. The molecule has 0 fully saturated rings. The Morgan fingerprint density at radius 3 is 2.30 bits per heavy atom. The molecule has 0 aliphatic heterocycles. The van der Waals surface area contributed by atoms with Gasteiger partial charge in [0, 0.05) is 5.56 Å². The molecule has 3 aromatic carbocycles. The molecule has 33 heavy (non-hydrogen) atoms. The Labute approximate surface area is 200 Å². The van der Waals surface area contributed by atoms with E-state index >= 15 is 0 Å². The summed E-state index contributed by atoms with van der Waals surface area (Å²) in [5.41, 5.74) is 4.44. The molecule has 0 atom stereocenters. The Balaban J connectivity index is 1.69. The van der Waals surface area contributed by atoms with E-state index in [1.165, 1.54) is 18.2 Å². The number of anilines is 1. The van der Waals surface area contributed by atoms with E-state index in [1.807, 2.05) is 58.0 Å². The zero-order chi connectivity index (χ0) is 24.2. The Morgan fingerprint density at radius 1 is 0.909 bits per heavy atom. The van der Waals surface area contributed by atoms with Crippen LogP contribution in [0.15, 0.2) is 59.5 Å². The van der Waals surface area contributed by atoms with Crippen LogP contribution in [0.25, 0.3) is 0 Å². The number of ether oxygens (including phenoxy) is 1. The number of hydrogen-bond acceptors (Lipinski definition) is 4. The first-order chi connectivity index (χ1) is 15.6. The first-order valence-corrected chi connectivity index (χ1v) is 12.3. The number of hydrogen-bond donors (Lipinski definition) is 2. The second-order valence-electron chi connectivity index (χ2n) is 7.94. The monoisotopic (exact) mass is 486 g/mol. The standard InChI is InChI=1S/C25H27ClN2O4S/c1-16-5-7-18(3)22(13-16)28-33(30,31)24-15-20(9-10-21(24)26)25(29)27-11-12-32-23-14-17(2)6-8-19(23)4/h5-10,13-15,28H,11-12H2,1-4H3,(H,27,29). The largest absolute Gasteiger partial charge is 0.491 e. The molecule has 6 nitrogen and oxygen atoms in total. The predicted molar refractivity (Wildman–Crippen MR) is 132 cm³/mol. The summed E-state index contributed by atoms with van der Waals surface area (Å²) < 4.78 is 34.3. The first-order valence-electron chi connectivity index (χ1n) is 10.4. The van der Waals surface area contributed by atoms with Gasteiger partial charge in [-0.15, -0.1) is 0 Å². The quantitative estimate of drug-likeness (QED) is 0.429. The van der Waals surface area contributed by atoms with E-state index in [0.717, 1.165) is 28.0 Å². The van der Waals surface area contributed by atoms with E-state index in [-0.39, 0.29) is 28.6 Å². The van der Waals surface area contributed by atoms with Crippen LogP contribution < -0.4 is 14.8 Å². The average Bonchev–Trinajstić information content (AvgIpc) is 2.76. The van der Waals surface area contributed by atoms with Gasteiger partial charge in [-0.2, -0.15) is 0 Å². The van der Waals surface area contributed by atoms with Gasteiger partial charge in [-0.3, -0.25) is 9.52 Å². The fourth-order valence-corrected chi connectivity index (χ4v) is 4.84. The van der Waals surface area contributed by atoms with Crippen molar-refractivity contribution in [3.63, 3.8) is 0 Å². The zero-order valence-corrected chi connectivity index (χ0v) is 20.6. The minimum Gasteiger partial charge on any atom is -0.491 e. The molecule has 3 aromatic rings. The van der Waals surface area contributed by atoms with Gasteiger partial charge in [0.15, 0.2) is 0 Å². The van der Waals surface area contributed by atoms with Crippen molar-refractivity contribution < 1.29 is 17.9 Å². The Morgan fingerprint density at radius 2 is 1.58 bits per heavy atom. The molecule has 0 saturated carbocycles. The lowest BCUT2D eigenvalue weighted by atomic mass is 10.1. The van der Waals surface area contributed by atoms with Gasteiger partial charge in [-0.25, -0.2) is 8.42 Å². The van der Waals surface area contributed by atoms with Crippen molar-refractivity contribution in [2.75, 3.05) is 17.9 Å². The molecule has 0 radical (unpaired) electrons. The molecule has 8 heteroatoms. The third kappa shape index (κ3) is 6.27. The van der Waals surface area contributed by atoms with Crippen molar-refractivity contribution in [1.82, 2.24) is 5.32 Å². The van der Waals surface area contributed by atoms with Crippen molar-refractivity contribution in [3.8, 4) is 5.75 Å². The van der Waals surface area contributed by atoms with Gasteiger partial charge in [0.05, 0.1) is 17.3 Å². The molecule has 0 aliphatic carbocycles. The summed E-state index contributed by atoms with van der Waals surface area (Å²) in [4.78, 5) is 12.4. The molecule has 0 aliphatic rings. The highest BCUT2D eigenvalue weighted by molar-refractivity contribution is 7.92. The summed E-state index contributed by atoms with van der Waals surface area (Å²) in [5.74, 6) is 0.348. The second kappa shape index (κ2) is 10.3. The van der Waals surface area contributed by atoms with Crippen LogP contribution in [-0.2, 0) is 10.0 Å². The van der Waals surface area contributed by atoms with Crippen LogP contribution in [0.5, 0.6) is 5.75 Å². The molecular formula is C25H27ClN2O4S. The normalized spacial score (nSPS) is 11.2. The van der Waals surface area contributed by atoms with Gasteiger partial charge in [-0.05, 0) is 80.3 Å². The van der Waals surface area contributed by atoms with Gasteiger partial charge in [0.25, 0.3) is 15.9 Å². The SMILES string of the molecule is Cc1ccc(C)c(NS(=O)(=O)c2cc(C(=O)NCCOc3cc(C)ccc3C)ccc2Cl)c1. The van der Waals surface area contributed by atoms with Crippen molar-refractivity contribution in [1.29, 1.82) is 0 Å². The first kappa shape index (κ1) is 24.6. The van der Waals surface area contributed by atoms with Gasteiger partial charge in [0.1, 0.15) is 17.3 Å². The zero-order valence-electron chi connectivity index (χ0n) is 19.0. The number of rotatable bonds is 8. The molecule has 3 rings (SSSR count). The van der Waals surface area contributed by atoms with E-state index in [2.05, 4.69) is 10.0 Å². The number of halogens is 1. The lowest BCUT2D eigenvalue weighted by molar-refractivity contribution is 0.0946. The summed E-state index contributed by atoms with van der Waals surface area (Å²) in [6.07, 6.45) is 0. The number of carbonyl (C=O) groups excluding carboxylic acids is 1. The fourth-order valence-electron chi connectivity index (χ4n) is 3.19. The van der Waals surface area contributed by atoms with Crippen LogP contribution in [0, 0.1) is 27.7 Å². The maximum Gasteiger partial charge on any atom is 0.263 e. The second-order valence-corrected chi connectivity index (χ2v) is 10.0. The van der Waals surface area contributed by atoms with Crippen LogP contribution in [0.4, 0.5) is 5.69 Å². The molecule has 0 heterocycles. The average molecular weight is 487 g/mol. The maximum atomic E-state index is 13.0. The van der Waals surface area contributed by atoms with Crippen molar-refractivity contribution >= 4 is 33.2 Å². The highest BCUT2D eigenvalue weighted by Crippen LogP contribution is 2.27. The molecule has 0 aromatic heterocycles. The highest BCUT2D eigenvalue weighted by Gasteiger charge is 2.21. The molecule has 1 amide bonds. The molecule has 0 bridgehead atoms. The summed E-state index contributed by atoms with van der Waals surface area (Å²) in [5, 5.41) is 2.78. The minimum absolute atomic E-state index is 0.0302. The van der Waals surface area contributed by atoms with Gasteiger partial charge in [0.2, 0.25) is 0 Å². The van der Waals surface area contributed by atoms with E-state index in [4.69, 9.17) is 16.3 Å². The van der Waals surface area contributed by atoms with E-state index in [0.29, 0.717) is 5.69 Å². The third-order valence-electron chi connectivity index (χ3n) is 5.11. The van der Waals surface area contributed by atoms with Crippen LogP contribution in [0.3, 0.4) is 0 Å². The number of sulfonamides is 1. The lowest BCUT2D eigenvalue weighted by Crippen LogP contribution is -2.28. The number of carbonyl (C=O) groups is 1. The molecule has 0 unspecified atom stereocenters. The Bertz CT molecular complexity index is 1290. The van der Waals surface area contributed by atoms with Gasteiger partial charge < -0.3 is 10.1 Å². The van der Waals surface area contributed by atoms with E-state index in [1.54, 1.807) is 6.07 Å². The topological polar surface area (TPSA) is 84.5 Å².